The topological polar surface area (TPSA) is 34.0 Å². The van der Waals surface area contributed by atoms with Gasteiger partial charge in [-0.1, -0.05) is 11.3 Å². The van der Waals surface area contributed by atoms with E-state index in [4.69, 9.17) is 0 Å². The van der Waals surface area contributed by atoms with Crippen molar-refractivity contribution < 1.29 is 13.2 Å². The quantitative estimate of drug-likeness (QED) is 0.800. The van der Waals surface area contributed by atoms with E-state index >= 15 is 0 Å². The molecule has 18 heavy (non-hydrogen) atoms. The Labute approximate surface area is 105 Å². The number of aromatic nitrogens is 3. The van der Waals surface area contributed by atoms with Gasteiger partial charge in [0.05, 0.1) is 12.7 Å². The molecule has 0 spiro atoms. The molecule has 3 heterocycles. The van der Waals surface area contributed by atoms with Crippen LogP contribution in [0.15, 0.2) is 18.6 Å². The van der Waals surface area contributed by atoms with Gasteiger partial charge in [0, 0.05) is 25.5 Å². The van der Waals surface area contributed by atoms with Crippen LogP contribution in [0.4, 0.5) is 18.3 Å². The molecule has 0 radical (unpaired) electrons. The van der Waals surface area contributed by atoms with Crippen molar-refractivity contribution >= 4 is 16.5 Å². The lowest BCUT2D eigenvalue weighted by Gasteiger charge is -2.27. The number of alkyl halides is 3. The van der Waals surface area contributed by atoms with Gasteiger partial charge in [-0.15, -0.1) is 0 Å². The van der Waals surface area contributed by atoms with Gasteiger partial charge in [-0.05, 0) is 0 Å². The molecule has 1 aliphatic rings. The molecule has 3 rings (SSSR count). The van der Waals surface area contributed by atoms with Crippen LogP contribution < -0.4 is 4.90 Å². The third-order valence-electron chi connectivity index (χ3n) is 2.79. The fraction of sp³-hybridized carbons (Fsp3) is 0.400. The van der Waals surface area contributed by atoms with E-state index in [1.54, 1.807) is 6.20 Å². The Morgan fingerprint density at radius 3 is 2.78 bits per heavy atom. The van der Waals surface area contributed by atoms with E-state index < -0.39 is 11.1 Å². The van der Waals surface area contributed by atoms with Gasteiger partial charge in [0.15, 0.2) is 5.13 Å². The number of fused-ring (bicyclic) bond motifs is 1. The lowest BCUT2D eigenvalue weighted by Crippen LogP contribution is -2.33. The molecule has 0 saturated carbocycles. The van der Waals surface area contributed by atoms with Crippen LogP contribution in [-0.4, -0.2) is 21.1 Å². The Balaban J connectivity index is 1.83. The predicted molar refractivity (Wildman–Crippen MR) is 60.4 cm³/mol. The maximum Gasteiger partial charge on any atom is 0.427 e. The van der Waals surface area contributed by atoms with Crippen LogP contribution in [0.25, 0.3) is 0 Å². The number of rotatable bonds is 1. The maximum absolute atomic E-state index is 12.5. The van der Waals surface area contributed by atoms with Crippen LogP contribution in [0.3, 0.4) is 0 Å². The van der Waals surface area contributed by atoms with E-state index in [1.165, 1.54) is 0 Å². The van der Waals surface area contributed by atoms with E-state index in [1.807, 2.05) is 15.7 Å². The first-order valence-electron chi connectivity index (χ1n) is 5.32. The zero-order valence-corrected chi connectivity index (χ0v) is 10.0. The summed E-state index contributed by atoms with van der Waals surface area (Å²) in [5, 5.41) is 0.400. The fourth-order valence-electron chi connectivity index (χ4n) is 1.88. The van der Waals surface area contributed by atoms with Crippen molar-refractivity contribution in [1.29, 1.82) is 0 Å². The Bertz CT molecular complexity index is 559. The molecule has 0 saturated heterocycles. The third kappa shape index (κ3) is 1.96. The molecule has 0 fully saturated rings. The second-order valence-corrected chi connectivity index (χ2v) is 4.97. The average Bonchev–Trinajstić information content (AvgIpc) is 2.96. The van der Waals surface area contributed by atoms with Crippen LogP contribution in [0.1, 0.15) is 10.7 Å². The summed E-state index contributed by atoms with van der Waals surface area (Å²) in [4.78, 5) is 9.18. The highest BCUT2D eigenvalue weighted by Gasteiger charge is 2.34. The van der Waals surface area contributed by atoms with E-state index in [9.17, 15) is 13.2 Å². The molecular formula is C10H9F3N4S. The maximum atomic E-state index is 12.5. The predicted octanol–water partition coefficient (Wildman–Crippen LogP) is 2.38. The number of hydrogen-bond acceptors (Lipinski definition) is 4. The van der Waals surface area contributed by atoms with Crippen LogP contribution in [0.2, 0.25) is 0 Å². The van der Waals surface area contributed by atoms with Gasteiger partial charge in [-0.25, -0.2) is 9.97 Å². The van der Waals surface area contributed by atoms with Crippen LogP contribution >= 0.6 is 11.3 Å². The lowest BCUT2D eigenvalue weighted by molar-refractivity contribution is -0.134. The summed E-state index contributed by atoms with van der Waals surface area (Å²) in [5.74, 6) is 0.852. The largest absolute Gasteiger partial charge is 0.427 e. The first kappa shape index (κ1) is 11.5. The summed E-state index contributed by atoms with van der Waals surface area (Å²) < 4.78 is 39.5. The molecule has 2 aromatic rings. The standard InChI is InChI=1S/C10H9F3N4S/c11-10(12,13)7-5-15-9(18-7)17-4-3-16-2-1-14-8(16)6-17/h1-2,5H,3-4,6H2. The first-order valence-corrected chi connectivity index (χ1v) is 6.13. The minimum atomic E-state index is -4.32. The van der Waals surface area contributed by atoms with Gasteiger partial charge in [-0.3, -0.25) is 0 Å². The number of thiazole rings is 1. The average molecular weight is 274 g/mol. The summed E-state index contributed by atoms with van der Waals surface area (Å²) in [6, 6.07) is 0. The minimum Gasteiger partial charge on any atom is -0.339 e. The summed E-state index contributed by atoms with van der Waals surface area (Å²) in [5.41, 5.74) is 0. The Morgan fingerprint density at radius 2 is 2.06 bits per heavy atom. The smallest absolute Gasteiger partial charge is 0.339 e. The van der Waals surface area contributed by atoms with Gasteiger partial charge in [0.1, 0.15) is 10.7 Å². The van der Waals surface area contributed by atoms with Gasteiger partial charge < -0.3 is 9.47 Å². The zero-order chi connectivity index (χ0) is 12.8. The van der Waals surface area contributed by atoms with Crippen molar-refractivity contribution in [2.24, 2.45) is 0 Å². The molecule has 0 aliphatic carbocycles. The molecule has 0 amide bonds. The number of halogens is 3. The van der Waals surface area contributed by atoms with Crippen molar-refractivity contribution in [1.82, 2.24) is 14.5 Å². The summed E-state index contributed by atoms with van der Waals surface area (Å²) >= 11 is 0.676. The molecule has 8 heteroatoms. The first-order chi connectivity index (χ1) is 8.54. The highest BCUT2D eigenvalue weighted by atomic mass is 32.1. The number of anilines is 1. The monoisotopic (exact) mass is 274 g/mol. The van der Waals surface area contributed by atoms with Gasteiger partial charge in [0.2, 0.25) is 0 Å². The van der Waals surface area contributed by atoms with Crippen LogP contribution in [-0.2, 0) is 19.3 Å². The highest BCUT2D eigenvalue weighted by molar-refractivity contribution is 7.15. The Hall–Kier alpha value is -1.57. The molecule has 0 atom stereocenters. The van der Waals surface area contributed by atoms with Gasteiger partial charge >= 0.3 is 6.18 Å². The Morgan fingerprint density at radius 1 is 1.22 bits per heavy atom. The van der Waals surface area contributed by atoms with E-state index in [0.717, 1.165) is 18.6 Å². The van der Waals surface area contributed by atoms with E-state index in [0.29, 0.717) is 29.6 Å². The fourth-order valence-corrected chi connectivity index (χ4v) is 2.69. The molecule has 0 aromatic carbocycles. The van der Waals surface area contributed by atoms with Crippen LogP contribution in [0.5, 0.6) is 0 Å². The van der Waals surface area contributed by atoms with E-state index in [-0.39, 0.29) is 0 Å². The summed E-state index contributed by atoms with van der Waals surface area (Å²) in [7, 11) is 0. The normalized spacial score (nSPS) is 15.8. The molecule has 0 bridgehead atoms. The molecule has 0 unspecified atom stereocenters. The molecule has 2 aromatic heterocycles. The van der Waals surface area contributed by atoms with Crippen molar-refractivity contribution in [3.05, 3.63) is 29.3 Å². The molecule has 1 aliphatic heterocycles. The Kier molecular flexibility index (Phi) is 2.54. The number of nitrogens with zero attached hydrogens (tertiary/aromatic N) is 4. The van der Waals surface area contributed by atoms with Crippen molar-refractivity contribution in [2.75, 3.05) is 11.4 Å². The lowest BCUT2D eigenvalue weighted by atomic mass is 10.4. The summed E-state index contributed by atoms with van der Waals surface area (Å²) in [6.07, 6.45) is 0.142. The third-order valence-corrected chi connectivity index (χ3v) is 3.89. The van der Waals surface area contributed by atoms with Crippen LogP contribution in [0, 0.1) is 0 Å². The second-order valence-electron chi connectivity index (χ2n) is 3.96. The summed E-state index contributed by atoms with van der Waals surface area (Å²) in [6.45, 7) is 1.86. The molecule has 0 N–H and O–H groups in total. The molecular weight excluding hydrogens is 265 g/mol. The van der Waals surface area contributed by atoms with Gasteiger partial charge in [-0.2, -0.15) is 13.2 Å². The number of hydrogen-bond donors (Lipinski definition) is 0. The minimum absolute atomic E-state index is 0.400. The number of imidazole rings is 1. The second kappa shape index (κ2) is 3.98. The molecule has 4 nitrogen and oxygen atoms in total. The SMILES string of the molecule is FC(F)(F)c1cnc(N2CCn3ccnc3C2)s1. The van der Waals surface area contributed by atoms with Crippen molar-refractivity contribution in [3.63, 3.8) is 0 Å². The van der Waals surface area contributed by atoms with Crippen molar-refractivity contribution in [2.45, 2.75) is 19.3 Å². The van der Waals surface area contributed by atoms with Crippen molar-refractivity contribution in [3.8, 4) is 0 Å². The molecule has 96 valence electrons. The van der Waals surface area contributed by atoms with E-state index in [2.05, 4.69) is 9.97 Å². The zero-order valence-electron chi connectivity index (χ0n) is 9.18. The highest BCUT2D eigenvalue weighted by Crippen LogP contribution is 2.36. The van der Waals surface area contributed by atoms with Gasteiger partial charge in [0.25, 0.3) is 0 Å².